The van der Waals surface area contributed by atoms with Crippen LogP contribution in [0.2, 0.25) is 0 Å². The number of hydrogen-bond acceptors (Lipinski definition) is 6. The summed E-state index contributed by atoms with van der Waals surface area (Å²) in [5.41, 5.74) is -4.75. The molecule has 0 amide bonds. The van der Waals surface area contributed by atoms with Crippen LogP contribution < -0.4 is 0 Å². The van der Waals surface area contributed by atoms with Crippen molar-refractivity contribution in [3.8, 4) is 0 Å². The Balaban J connectivity index is 1.59. The Bertz CT molecular complexity index is 1190. The molecule has 2 aromatic carbocycles. The fraction of sp³-hybridized carbons (Fsp3) is 0.222. The first-order valence-electron chi connectivity index (χ1n) is 8.75. The SMILES string of the molecule is O=P(O)(O)C(F)(F)c1ccc(CSc2nnc(SCc3cccc(C(F)(F)F)c3)s2)cc1Br. The summed E-state index contributed by atoms with van der Waals surface area (Å²) < 4.78 is 78.3. The molecule has 0 spiro atoms. The van der Waals surface area contributed by atoms with Crippen molar-refractivity contribution in [2.45, 2.75) is 32.0 Å². The molecule has 0 aliphatic carbocycles. The van der Waals surface area contributed by atoms with Crippen molar-refractivity contribution in [1.29, 1.82) is 0 Å². The molecule has 3 aromatic rings. The zero-order valence-electron chi connectivity index (χ0n) is 16.1. The second-order valence-electron chi connectivity index (χ2n) is 6.51. The quantitative estimate of drug-likeness (QED) is 0.160. The minimum absolute atomic E-state index is 0.136. The smallest absolute Gasteiger partial charge is 0.320 e. The van der Waals surface area contributed by atoms with E-state index in [1.807, 2.05) is 0 Å². The van der Waals surface area contributed by atoms with Crippen LogP contribution in [0.1, 0.15) is 22.3 Å². The Morgan fingerprint density at radius 1 is 0.939 bits per heavy atom. The molecule has 0 saturated carbocycles. The van der Waals surface area contributed by atoms with E-state index in [9.17, 15) is 26.5 Å². The number of thioether (sulfide) groups is 2. The average Bonchev–Trinajstić information content (AvgIpc) is 3.17. The summed E-state index contributed by atoms with van der Waals surface area (Å²) in [6.07, 6.45) is -4.41. The number of nitrogens with zero attached hydrogens (tertiary/aromatic N) is 2. The van der Waals surface area contributed by atoms with Crippen LogP contribution in [-0.4, -0.2) is 20.0 Å². The number of hydrogen-bond donors (Lipinski definition) is 2. The third kappa shape index (κ3) is 6.77. The number of benzene rings is 2. The van der Waals surface area contributed by atoms with E-state index in [0.29, 0.717) is 25.6 Å². The van der Waals surface area contributed by atoms with E-state index in [1.54, 1.807) is 6.07 Å². The maximum absolute atomic E-state index is 13.9. The number of alkyl halides is 5. The van der Waals surface area contributed by atoms with Crippen molar-refractivity contribution in [2.24, 2.45) is 0 Å². The van der Waals surface area contributed by atoms with Gasteiger partial charge in [-0.1, -0.05) is 81.1 Å². The van der Waals surface area contributed by atoms with Gasteiger partial charge in [0.05, 0.1) is 5.56 Å². The summed E-state index contributed by atoms with van der Waals surface area (Å²) in [6, 6.07) is 8.66. The number of rotatable bonds is 8. The van der Waals surface area contributed by atoms with Crippen molar-refractivity contribution in [1.82, 2.24) is 10.2 Å². The van der Waals surface area contributed by atoms with Crippen LogP contribution in [0.3, 0.4) is 0 Å². The van der Waals surface area contributed by atoms with Gasteiger partial charge in [-0.2, -0.15) is 22.0 Å². The molecule has 0 bridgehead atoms. The molecule has 0 aliphatic heterocycles. The van der Waals surface area contributed by atoms with Gasteiger partial charge in [0, 0.05) is 21.5 Å². The number of aromatic nitrogens is 2. The molecule has 178 valence electrons. The van der Waals surface area contributed by atoms with Crippen molar-refractivity contribution in [3.63, 3.8) is 0 Å². The second-order valence-corrected chi connectivity index (χ2v) is 12.4. The van der Waals surface area contributed by atoms with E-state index < -0.39 is 30.6 Å². The van der Waals surface area contributed by atoms with Gasteiger partial charge >= 0.3 is 19.4 Å². The van der Waals surface area contributed by atoms with Gasteiger partial charge in [-0.05, 0) is 23.3 Å². The fourth-order valence-electron chi connectivity index (χ4n) is 2.49. The zero-order valence-corrected chi connectivity index (χ0v) is 21.0. The monoisotopic (exact) mass is 606 g/mol. The van der Waals surface area contributed by atoms with E-state index in [4.69, 9.17) is 9.79 Å². The van der Waals surface area contributed by atoms with Gasteiger partial charge in [0.25, 0.3) is 0 Å². The summed E-state index contributed by atoms with van der Waals surface area (Å²) in [4.78, 5) is 17.8. The zero-order chi connectivity index (χ0) is 24.4. The highest BCUT2D eigenvalue weighted by Crippen LogP contribution is 2.60. The first-order valence-corrected chi connectivity index (χ1v) is 13.9. The highest BCUT2D eigenvalue weighted by Gasteiger charge is 2.51. The van der Waals surface area contributed by atoms with E-state index in [1.165, 1.54) is 53.1 Å². The minimum atomic E-state index is -5.68. The molecule has 0 radical (unpaired) electrons. The topological polar surface area (TPSA) is 83.3 Å². The first-order chi connectivity index (χ1) is 15.3. The Morgan fingerprint density at radius 2 is 1.52 bits per heavy atom. The van der Waals surface area contributed by atoms with Crippen LogP contribution in [0.4, 0.5) is 22.0 Å². The lowest BCUT2D eigenvalue weighted by atomic mass is 10.1. The van der Waals surface area contributed by atoms with E-state index in [0.717, 1.165) is 18.2 Å². The normalized spacial score (nSPS) is 12.8. The molecule has 5 nitrogen and oxygen atoms in total. The fourth-order valence-corrected chi connectivity index (χ4v) is 6.73. The Kier molecular flexibility index (Phi) is 8.30. The Hall–Kier alpha value is -1.02. The summed E-state index contributed by atoms with van der Waals surface area (Å²) in [5, 5.41) is 8.01. The molecule has 0 saturated heterocycles. The maximum atomic E-state index is 13.9. The third-order valence-electron chi connectivity index (χ3n) is 4.09. The van der Waals surface area contributed by atoms with Crippen LogP contribution in [0, 0.1) is 0 Å². The Labute approximate surface area is 205 Å². The summed E-state index contributed by atoms with van der Waals surface area (Å²) in [5.74, 6) is 0.610. The molecule has 3 rings (SSSR count). The van der Waals surface area contributed by atoms with Crippen LogP contribution in [0.15, 0.2) is 55.6 Å². The lowest BCUT2D eigenvalue weighted by molar-refractivity contribution is -0.137. The molecule has 0 fully saturated rings. The average molecular weight is 607 g/mol. The predicted octanol–water partition coefficient (Wildman–Crippen LogP) is 7.13. The van der Waals surface area contributed by atoms with E-state index in [-0.39, 0.29) is 10.2 Å². The molecule has 0 atom stereocenters. The van der Waals surface area contributed by atoms with Gasteiger partial charge in [0.15, 0.2) is 8.68 Å². The largest absolute Gasteiger partial charge is 0.416 e. The second kappa shape index (κ2) is 10.3. The lowest BCUT2D eigenvalue weighted by Crippen LogP contribution is -2.14. The highest BCUT2D eigenvalue weighted by molar-refractivity contribution is 9.10. The first kappa shape index (κ1) is 26.6. The third-order valence-corrected chi connectivity index (χ3v) is 9.05. The van der Waals surface area contributed by atoms with Gasteiger partial charge in [0.1, 0.15) is 0 Å². The molecule has 15 heteroatoms. The van der Waals surface area contributed by atoms with Crippen LogP contribution in [0.25, 0.3) is 0 Å². The molecule has 2 N–H and O–H groups in total. The Morgan fingerprint density at radius 3 is 2.03 bits per heavy atom. The summed E-state index contributed by atoms with van der Waals surface area (Å²) in [7, 11) is -5.68. The molecule has 33 heavy (non-hydrogen) atoms. The van der Waals surface area contributed by atoms with Crippen LogP contribution in [0.5, 0.6) is 0 Å². The molecule has 1 heterocycles. The molecular weight excluding hydrogens is 594 g/mol. The summed E-state index contributed by atoms with van der Waals surface area (Å²) >= 11 is 6.69. The summed E-state index contributed by atoms with van der Waals surface area (Å²) in [6.45, 7) is 0. The highest BCUT2D eigenvalue weighted by atomic mass is 79.9. The molecule has 0 aliphatic rings. The van der Waals surface area contributed by atoms with Gasteiger partial charge in [-0.25, -0.2) is 0 Å². The van der Waals surface area contributed by atoms with Crippen LogP contribution in [-0.2, 0) is 27.9 Å². The number of halogens is 6. The molecule has 1 aromatic heterocycles. The molecule has 0 unspecified atom stereocenters. The van der Waals surface area contributed by atoms with Gasteiger partial charge in [0.2, 0.25) is 0 Å². The van der Waals surface area contributed by atoms with Crippen molar-refractivity contribution in [3.05, 3.63) is 69.2 Å². The van der Waals surface area contributed by atoms with Gasteiger partial charge in [-0.15, -0.1) is 10.2 Å². The standard InChI is InChI=1S/C18H13BrF5N2O3PS3/c19-14-7-11(4-5-13(14)18(23,24)30(27,28)29)9-32-16-26-25-15(33-16)31-8-10-2-1-3-12(6-10)17(20,21)22/h1-7H,8-9H2,(H2,27,28,29). The maximum Gasteiger partial charge on any atom is 0.416 e. The lowest BCUT2D eigenvalue weighted by Gasteiger charge is -2.19. The predicted molar refractivity (Wildman–Crippen MR) is 121 cm³/mol. The van der Waals surface area contributed by atoms with E-state index >= 15 is 0 Å². The minimum Gasteiger partial charge on any atom is -0.320 e. The van der Waals surface area contributed by atoms with Gasteiger partial charge < -0.3 is 9.79 Å². The van der Waals surface area contributed by atoms with E-state index in [2.05, 4.69) is 26.1 Å². The van der Waals surface area contributed by atoms with Crippen LogP contribution >= 0.6 is 58.4 Å². The van der Waals surface area contributed by atoms with Crippen molar-refractivity contribution >= 4 is 58.4 Å². The van der Waals surface area contributed by atoms with Crippen molar-refractivity contribution in [2.75, 3.05) is 0 Å². The van der Waals surface area contributed by atoms with Crippen molar-refractivity contribution < 1.29 is 36.3 Å². The molecular formula is C18H13BrF5N2O3PS3. The van der Waals surface area contributed by atoms with Gasteiger partial charge in [-0.3, -0.25) is 4.57 Å².